The second-order valence-electron chi connectivity index (χ2n) is 4.15. The highest BCUT2D eigenvalue weighted by atomic mass is 14.9. The lowest BCUT2D eigenvalue weighted by atomic mass is 10.0. The zero-order valence-electron chi connectivity index (χ0n) is 9.25. The Morgan fingerprint density at radius 2 is 2.20 bits per heavy atom. The predicted octanol–water partition coefficient (Wildman–Crippen LogP) is 2.19. The van der Waals surface area contributed by atoms with Gasteiger partial charge in [-0.2, -0.15) is 0 Å². The van der Waals surface area contributed by atoms with Crippen LogP contribution < -0.4 is 5.73 Å². The fourth-order valence-electron chi connectivity index (χ4n) is 1.69. The molecule has 0 amide bonds. The molecule has 0 aliphatic carbocycles. The Morgan fingerprint density at radius 1 is 1.40 bits per heavy atom. The maximum atomic E-state index is 5.50. The Hall–Kier alpha value is -1.35. The van der Waals surface area contributed by atoms with Crippen LogP contribution in [0.2, 0.25) is 0 Å². The standard InChI is InChI=1S/C12H17N3/c1-8(2)9-3-4-10-11(7-9)15-12(14-10)5-6-13/h3-4,7-8H,5-6,13H2,1-2H3,(H,14,15). The van der Waals surface area contributed by atoms with E-state index in [0.29, 0.717) is 12.5 Å². The van der Waals surface area contributed by atoms with E-state index in [2.05, 4.69) is 42.0 Å². The minimum Gasteiger partial charge on any atom is -0.342 e. The summed E-state index contributed by atoms with van der Waals surface area (Å²) < 4.78 is 0. The molecule has 1 aromatic heterocycles. The Balaban J connectivity index is 2.43. The summed E-state index contributed by atoms with van der Waals surface area (Å²) in [5.41, 5.74) is 8.98. The van der Waals surface area contributed by atoms with Crippen LogP contribution in [0, 0.1) is 0 Å². The molecule has 2 rings (SSSR count). The number of nitrogens with zero attached hydrogens (tertiary/aromatic N) is 1. The zero-order valence-corrected chi connectivity index (χ0v) is 9.25. The Morgan fingerprint density at radius 3 is 2.87 bits per heavy atom. The molecule has 1 aromatic carbocycles. The first kappa shape index (κ1) is 10.2. The molecule has 0 aliphatic heterocycles. The molecule has 0 radical (unpaired) electrons. The van der Waals surface area contributed by atoms with Gasteiger partial charge in [0.2, 0.25) is 0 Å². The number of H-pyrrole nitrogens is 1. The van der Waals surface area contributed by atoms with Crippen LogP contribution in [0.15, 0.2) is 18.2 Å². The van der Waals surface area contributed by atoms with E-state index in [1.807, 2.05) is 0 Å². The molecule has 3 nitrogen and oxygen atoms in total. The number of aromatic amines is 1. The number of rotatable bonds is 3. The molecule has 0 unspecified atom stereocenters. The Labute approximate surface area is 89.7 Å². The third-order valence-electron chi connectivity index (χ3n) is 2.60. The van der Waals surface area contributed by atoms with Gasteiger partial charge in [-0.3, -0.25) is 0 Å². The summed E-state index contributed by atoms with van der Waals surface area (Å²) in [7, 11) is 0. The van der Waals surface area contributed by atoms with Gasteiger partial charge in [0.15, 0.2) is 0 Å². The van der Waals surface area contributed by atoms with Crippen molar-refractivity contribution in [3.05, 3.63) is 29.6 Å². The van der Waals surface area contributed by atoms with Gasteiger partial charge in [0.05, 0.1) is 11.0 Å². The van der Waals surface area contributed by atoms with Gasteiger partial charge in [0.1, 0.15) is 5.82 Å². The molecule has 0 aliphatic rings. The van der Waals surface area contributed by atoms with Gasteiger partial charge in [-0.05, 0) is 30.2 Å². The van der Waals surface area contributed by atoms with Gasteiger partial charge in [-0.15, -0.1) is 0 Å². The molecular formula is C12H17N3. The monoisotopic (exact) mass is 203 g/mol. The van der Waals surface area contributed by atoms with Crippen molar-refractivity contribution < 1.29 is 0 Å². The number of imidazole rings is 1. The third-order valence-corrected chi connectivity index (χ3v) is 2.60. The van der Waals surface area contributed by atoms with Crippen molar-refractivity contribution in [2.75, 3.05) is 6.54 Å². The van der Waals surface area contributed by atoms with Gasteiger partial charge < -0.3 is 10.7 Å². The van der Waals surface area contributed by atoms with Crippen LogP contribution in [-0.2, 0) is 6.42 Å². The van der Waals surface area contributed by atoms with Crippen LogP contribution in [0.5, 0.6) is 0 Å². The highest BCUT2D eigenvalue weighted by Crippen LogP contribution is 2.19. The second kappa shape index (κ2) is 4.03. The van der Waals surface area contributed by atoms with Crippen molar-refractivity contribution in [1.29, 1.82) is 0 Å². The number of nitrogens with one attached hydrogen (secondary N) is 1. The maximum absolute atomic E-state index is 5.50. The van der Waals surface area contributed by atoms with Crippen LogP contribution in [0.3, 0.4) is 0 Å². The van der Waals surface area contributed by atoms with E-state index in [1.54, 1.807) is 0 Å². The lowest BCUT2D eigenvalue weighted by molar-refractivity contribution is 0.868. The van der Waals surface area contributed by atoms with E-state index < -0.39 is 0 Å². The van der Waals surface area contributed by atoms with Crippen LogP contribution in [0.4, 0.5) is 0 Å². The summed E-state index contributed by atoms with van der Waals surface area (Å²) in [6.45, 7) is 5.02. The van der Waals surface area contributed by atoms with Crippen molar-refractivity contribution in [3.8, 4) is 0 Å². The number of aromatic nitrogens is 2. The lowest BCUT2D eigenvalue weighted by Gasteiger charge is -2.03. The number of benzene rings is 1. The largest absolute Gasteiger partial charge is 0.342 e. The minimum atomic E-state index is 0.552. The molecule has 0 atom stereocenters. The molecule has 3 N–H and O–H groups in total. The van der Waals surface area contributed by atoms with Crippen LogP contribution in [0.1, 0.15) is 31.2 Å². The fraction of sp³-hybridized carbons (Fsp3) is 0.417. The molecule has 3 heteroatoms. The van der Waals surface area contributed by atoms with Gasteiger partial charge in [-0.25, -0.2) is 4.98 Å². The summed E-state index contributed by atoms with van der Waals surface area (Å²) in [4.78, 5) is 7.77. The summed E-state index contributed by atoms with van der Waals surface area (Å²) in [5, 5.41) is 0. The van der Waals surface area contributed by atoms with Crippen molar-refractivity contribution in [3.63, 3.8) is 0 Å². The lowest BCUT2D eigenvalue weighted by Crippen LogP contribution is -2.03. The SMILES string of the molecule is CC(C)c1ccc2nc(CCN)[nH]c2c1. The van der Waals surface area contributed by atoms with E-state index in [0.717, 1.165) is 23.3 Å². The first-order valence-electron chi connectivity index (χ1n) is 5.39. The molecule has 2 aromatic rings. The van der Waals surface area contributed by atoms with Gasteiger partial charge in [0.25, 0.3) is 0 Å². The fourth-order valence-corrected chi connectivity index (χ4v) is 1.69. The molecule has 80 valence electrons. The first-order chi connectivity index (χ1) is 7.20. The van der Waals surface area contributed by atoms with E-state index in [9.17, 15) is 0 Å². The summed E-state index contributed by atoms with van der Waals surface area (Å²) in [6.07, 6.45) is 0.811. The first-order valence-corrected chi connectivity index (χ1v) is 5.39. The molecule has 15 heavy (non-hydrogen) atoms. The van der Waals surface area contributed by atoms with Crippen molar-refractivity contribution >= 4 is 11.0 Å². The molecule has 0 saturated carbocycles. The smallest absolute Gasteiger partial charge is 0.108 e. The average Bonchev–Trinajstić information content (AvgIpc) is 2.59. The number of nitrogens with two attached hydrogens (primary N) is 1. The van der Waals surface area contributed by atoms with Gasteiger partial charge >= 0.3 is 0 Å². The molecule has 0 fully saturated rings. The normalized spacial score (nSPS) is 11.5. The Kier molecular flexibility index (Phi) is 2.73. The van der Waals surface area contributed by atoms with Gasteiger partial charge in [-0.1, -0.05) is 19.9 Å². The number of fused-ring (bicyclic) bond motifs is 1. The van der Waals surface area contributed by atoms with Crippen LogP contribution in [-0.4, -0.2) is 16.5 Å². The predicted molar refractivity (Wildman–Crippen MR) is 62.9 cm³/mol. The third kappa shape index (κ3) is 2.02. The van der Waals surface area contributed by atoms with Crippen LogP contribution >= 0.6 is 0 Å². The van der Waals surface area contributed by atoms with E-state index in [1.165, 1.54) is 5.56 Å². The number of hydrogen-bond acceptors (Lipinski definition) is 2. The van der Waals surface area contributed by atoms with E-state index in [4.69, 9.17) is 5.73 Å². The average molecular weight is 203 g/mol. The van der Waals surface area contributed by atoms with E-state index in [-0.39, 0.29) is 0 Å². The highest BCUT2D eigenvalue weighted by molar-refractivity contribution is 5.76. The molecule has 1 heterocycles. The quantitative estimate of drug-likeness (QED) is 0.803. The minimum absolute atomic E-state index is 0.552. The molecular weight excluding hydrogens is 186 g/mol. The summed E-state index contributed by atoms with van der Waals surface area (Å²) in [6, 6.07) is 6.38. The zero-order chi connectivity index (χ0) is 10.8. The molecule has 0 bridgehead atoms. The van der Waals surface area contributed by atoms with Crippen molar-refractivity contribution in [2.45, 2.75) is 26.2 Å². The van der Waals surface area contributed by atoms with Crippen molar-refractivity contribution in [2.24, 2.45) is 5.73 Å². The summed E-state index contributed by atoms with van der Waals surface area (Å²) >= 11 is 0. The van der Waals surface area contributed by atoms with Crippen LogP contribution in [0.25, 0.3) is 11.0 Å². The van der Waals surface area contributed by atoms with E-state index >= 15 is 0 Å². The highest BCUT2D eigenvalue weighted by Gasteiger charge is 2.04. The second-order valence-corrected chi connectivity index (χ2v) is 4.15. The maximum Gasteiger partial charge on any atom is 0.108 e. The van der Waals surface area contributed by atoms with Crippen molar-refractivity contribution in [1.82, 2.24) is 9.97 Å². The van der Waals surface area contributed by atoms with Gasteiger partial charge in [0, 0.05) is 6.42 Å². The molecule has 0 saturated heterocycles. The topological polar surface area (TPSA) is 54.7 Å². The number of hydrogen-bond donors (Lipinski definition) is 2. The summed E-state index contributed by atoms with van der Waals surface area (Å²) in [5.74, 6) is 1.53. The Bertz CT molecular complexity index is 457. The molecule has 0 spiro atoms.